The van der Waals surface area contributed by atoms with E-state index in [1.54, 1.807) is 0 Å². The molecule has 1 amide bonds. The number of nitrogens with zero attached hydrogens (tertiary/aromatic N) is 1. The molecule has 0 aromatic carbocycles. The molecule has 0 aliphatic carbocycles. The van der Waals surface area contributed by atoms with E-state index >= 15 is 0 Å². The van der Waals surface area contributed by atoms with Crippen molar-refractivity contribution in [2.75, 3.05) is 5.32 Å². The molecule has 0 fully saturated rings. The summed E-state index contributed by atoms with van der Waals surface area (Å²) in [5.41, 5.74) is 7.50. The van der Waals surface area contributed by atoms with Crippen molar-refractivity contribution in [3.05, 3.63) is 23.4 Å². The van der Waals surface area contributed by atoms with E-state index in [0.29, 0.717) is 12.2 Å². The summed E-state index contributed by atoms with van der Waals surface area (Å²) in [6.45, 7) is 1.89. The number of hydrogen-bond acceptors (Lipinski definition) is 3. The van der Waals surface area contributed by atoms with Crippen LogP contribution in [0.4, 0.5) is 5.82 Å². The predicted molar refractivity (Wildman–Crippen MR) is 49.3 cm³/mol. The smallest absolute Gasteiger partial charge is 0.242 e. The van der Waals surface area contributed by atoms with E-state index in [1.165, 1.54) is 0 Å². The number of carbonyl (C=O) groups excluding carboxylic acids is 1. The summed E-state index contributed by atoms with van der Waals surface area (Å²) in [5.74, 6) is 0.511. The third kappa shape index (κ3) is 1.40. The molecule has 0 bridgehead atoms. The van der Waals surface area contributed by atoms with Crippen LogP contribution in [0.5, 0.6) is 0 Å². The van der Waals surface area contributed by atoms with Crippen molar-refractivity contribution < 1.29 is 4.79 Å². The molecule has 0 saturated carbocycles. The van der Waals surface area contributed by atoms with E-state index < -0.39 is 6.04 Å². The van der Waals surface area contributed by atoms with Gasteiger partial charge in [0.05, 0.1) is 6.04 Å². The van der Waals surface area contributed by atoms with Gasteiger partial charge in [0.2, 0.25) is 5.91 Å². The van der Waals surface area contributed by atoms with Crippen molar-refractivity contribution >= 4 is 11.7 Å². The summed E-state index contributed by atoms with van der Waals surface area (Å²) < 4.78 is 0. The zero-order valence-electron chi connectivity index (χ0n) is 7.37. The number of aromatic nitrogens is 1. The number of carbonyl (C=O) groups is 1. The van der Waals surface area contributed by atoms with Gasteiger partial charge in [-0.3, -0.25) is 4.79 Å². The van der Waals surface area contributed by atoms with Crippen LogP contribution < -0.4 is 11.1 Å². The molecule has 3 N–H and O–H groups in total. The van der Waals surface area contributed by atoms with Crippen molar-refractivity contribution in [3.63, 3.8) is 0 Å². The van der Waals surface area contributed by atoms with Crippen LogP contribution in [0.2, 0.25) is 0 Å². The largest absolute Gasteiger partial charge is 0.320 e. The van der Waals surface area contributed by atoms with Gasteiger partial charge in [-0.15, -0.1) is 0 Å². The molecular weight excluding hydrogens is 166 g/mol. The fourth-order valence-electron chi connectivity index (χ4n) is 1.40. The Balaban J connectivity index is 2.42. The molecule has 13 heavy (non-hydrogen) atoms. The maximum atomic E-state index is 11.2. The van der Waals surface area contributed by atoms with Crippen LogP contribution >= 0.6 is 0 Å². The lowest BCUT2D eigenvalue weighted by Gasteiger charge is -2.20. The molecule has 1 atom stereocenters. The summed E-state index contributed by atoms with van der Waals surface area (Å²) >= 11 is 0. The zero-order chi connectivity index (χ0) is 9.42. The molecule has 1 unspecified atom stereocenters. The third-order valence-electron chi connectivity index (χ3n) is 2.14. The average Bonchev–Trinajstić information content (AvgIpc) is 2.08. The minimum Gasteiger partial charge on any atom is -0.320 e. The van der Waals surface area contributed by atoms with E-state index in [9.17, 15) is 4.79 Å². The second kappa shape index (κ2) is 2.81. The first-order chi connectivity index (χ1) is 6.16. The number of nitrogens with one attached hydrogen (secondary N) is 1. The zero-order valence-corrected chi connectivity index (χ0v) is 7.37. The van der Waals surface area contributed by atoms with Gasteiger partial charge in [-0.2, -0.15) is 0 Å². The van der Waals surface area contributed by atoms with E-state index in [4.69, 9.17) is 5.73 Å². The standard InChI is InChI=1S/C9H11N3O/c1-5-2-3-6-4-7(10)9(13)12-8(6)11-5/h2-3,7H,4,10H2,1H3,(H,11,12,13). The number of anilines is 1. The Kier molecular flexibility index (Phi) is 1.77. The van der Waals surface area contributed by atoms with Gasteiger partial charge in [0.25, 0.3) is 0 Å². The molecule has 1 aliphatic rings. The van der Waals surface area contributed by atoms with Gasteiger partial charge in [-0.05, 0) is 18.6 Å². The Morgan fingerprint density at radius 1 is 1.62 bits per heavy atom. The van der Waals surface area contributed by atoms with Crippen LogP contribution in [-0.2, 0) is 11.2 Å². The molecule has 1 aromatic heterocycles. The van der Waals surface area contributed by atoms with Crippen LogP contribution in [0.25, 0.3) is 0 Å². The van der Waals surface area contributed by atoms with Gasteiger partial charge in [0.1, 0.15) is 5.82 Å². The molecule has 68 valence electrons. The Morgan fingerprint density at radius 2 is 2.38 bits per heavy atom. The van der Waals surface area contributed by atoms with Crippen LogP contribution in [0, 0.1) is 6.92 Å². The molecule has 4 nitrogen and oxygen atoms in total. The molecule has 4 heteroatoms. The van der Waals surface area contributed by atoms with Gasteiger partial charge in [0, 0.05) is 12.1 Å². The van der Waals surface area contributed by atoms with E-state index in [1.807, 2.05) is 19.1 Å². The monoisotopic (exact) mass is 177 g/mol. The number of nitrogens with two attached hydrogens (primary N) is 1. The maximum absolute atomic E-state index is 11.2. The summed E-state index contributed by atoms with van der Waals surface area (Å²) in [6, 6.07) is 3.44. The lowest BCUT2D eigenvalue weighted by Crippen LogP contribution is -2.41. The number of hydrogen-bond donors (Lipinski definition) is 2. The molecule has 0 radical (unpaired) electrons. The van der Waals surface area contributed by atoms with Crippen LogP contribution in [0.15, 0.2) is 12.1 Å². The van der Waals surface area contributed by atoms with E-state index in [-0.39, 0.29) is 5.91 Å². The summed E-state index contributed by atoms with van der Waals surface area (Å²) in [7, 11) is 0. The van der Waals surface area contributed by atoms with E-state index in [0.717, 1.165) is 11.3 Å². The fraction of sp³-hybridized carbons (Fsp3) is 0.333. The van der Waals surface area contributed by atoms with Crippen LogP contribution in [0.3, 0.4) is 0 Å². The van der Waals surface area contributed by atoms with Crippen LogP contribution in [-0.4, -0.2) is 16.9 Å². The molecular formula is C9H11N3O. The lowest BCUT2D eigenvalue weighted by molar-refractivity contribution is -0.117. The topological polar surface area (TPSA) is 68.0 Å². The highest BCUT2D eigenvalue weighted by Gasteiger charge is 2.23. The number of pyridine rings is 1. The molecule has 1 aromatic rings. The first-order valence-electron chi connectivity index (χ1n) is 4.20. The molecule has 0 spiro atoms. The van der Waals surface area contributed by atoms with Crippen LogP contribution in [0.1, 0.15) is 11.3 Å². The van der Waals surface area contributed by atoms with Crippen molar-refractivity contribution in [3.8, 4) is 0 Å². The van der Waals surface area contributed by atoms with Crippen molar-refractivity contribution in [1.82, 2.24) is 4.98 Å². The van der Waals surface area contributed by atoms with Crippen molar-refractivity contribution in [2.45, 2.75) is 19.4 Å². The number of aryl methyl sites for hydroxylation is 1. The number of amides is 1. The Bertz CT molecular complexity index is 362. The van der Waals surface area contributed by atoms with Crippen molar-refractivity contribution in [2.24, 2.45) is 5.73 Å². The highest BCUT2D eigenvalue weighted by Crippen LogP contribution is 2.19. The summed E-state index contributed by atoms with van der Waals surface area (Å²) in [6.07, 6.45) is 0.578. The molecule has 2 rings (SSSR count). The minimum absolute atomic E-state index is 0.148. The first kappa shape index (κ1) is 8.19. The quantitative estimate of drug-likeness (QED) is 0.595. The normalized spacial score (nSPS) is 20.8. The summed E-state index contributed by atoms with van der Waals surface area (Å²) in [5, 5.41) is 2.68. The predicted octanol–water partition coefficient (Wildman–Crippen LogP) is 0.212. The number of rotatable bonds is 0. The SMILES string of the molecule is Cc1ccc2c(n1)NC(=O)C(N)C2. The second-order valence-corrected chi connectivity index (χ2v) is 3.26. The van der Waals surface area contributed by atoms with Crippen molar-refractivity contribution in [1.29, 1.82) is 0 Å². The third-order valence-corrected chi connectivity index (χ3v) is 2.14. The molecule has 1 aliphatic heterocycles. The Morgan fingerprint density at radius 3 is 3.15 bits per heavy atom. The maximum Gasteiger partial charge on any atom is 0.242 e. The highest BCUT2D eigenvalue weighted by atomic mass is 16.2. The van der Waals surface area contributed by atoms with Gasteiger partial charge in [0.15, 0.2) is 0 Å². The second-order valence-electron chi connectivity index (χ2n) is 3.26. The average molecular weight is 177 g/mol. The minimum atomic E-state index is -0.433. The molecule has 0 saturated heterocycles. The highest BCUT2D eigenvalue weighted by molar-refractivity contribution is 5.96. The Hall–Kier alpha value is -1.42. The number of fused-ring (bicyclic) bond motifs is 1. The van der Waals surface area contributed by atoms with Gasteiger partial charge in [-0.1, -0.05) is 6.07 Å². The van der Waals surface area contributed by atoms with E-state index in [2.05, 4.69) is 10.3 Å². The Labute approximate surface area is 76.2 Å². The van der Waals surface area contributed by atoms with Gasteiger partial charge in [-0.25, -0.2) is 4.98 Å². The van der Waals surface area contributed by atoms with Gasteiger partial charge < -0.3 is 11.1 Å². The molecule has 2 heterocycles. The lowest BCUT2D eigenvalue weighted by atomic mass is 10.0. The first-order valence-corrected chi connectivity index (χ1v) is 4.20. The van der Waals surface area contributed by atoms with Gasteiger partial charge >= 0.3 is 0 Å². The summed E-state index contributed by atoms with van der Waals surface area (Å²) in [4.78, 5) is 15.4. The fourth-order valence-corrected chi connectivity index (χ4v) is 1.40.